The Hall–Kier alpha value is -0.0800. The average Bonchev–Trinajstić information content (AvgIpc) is 2.81. The molecule has 2 aliphatic carbocycles. The van der Waals surface area contributed by atoms with E-state index in [1.165, 1.54) is 77.3 Å². The summed E-state index contributed by atoms with van der Waals surface area (Å²) in [5.74, 6) is 0. The zero-order chi connectivity index (χ0) is 12.4. The molecule has 2 saturated carbocycles. The van der Waals surface area contributed by atoms with Crippen LogP contribution in [-0.4, -0.2) is 37.1 Å². The van der Waals surface area contributed by atoms with Crippen molar-refractivity contribution in [3.63, 3.8) is 0 Å². The summed E-state index contributed by atoms with van der Waals surface area (Å²) in [5, 5.41) is 3.95. The molecule has 1 aliphatic heterocycles. The Kier molecular flexibility index (Phi) is 3.95. The smallest absolute Gasteiger partial charge is 0.0197 e. The molecule has 1 spiro atoms. The fourth-order valence-corrected chi connectivity index (χ4v) is 4.66. The van der Waals surface area contributed by atoms with Crippen LogP contribution in [0.1, 0.15) is 64.2 Å². The number of piperidine rings is 1. The van der Waals surface area contributed by atoms with E-state index in [-0.39, 0.29) is 0 Å². The van der Waals surface area contributed by atoms with E-state index < -0.39 is 0 Å². The highest BCUT2D eigenvalue weighted by Gasteiger charge is 2.37. The van der Waals surface area contributed by atoms with E-state index in [1.54, 1.807) is 0 Å². The maximum atomic E-state index is 3.95. The molecule has 0 bridgehead atoms. The maximum absolute atomic E-state index is 3.95. The highest BCUT2D eigenvalue weighted by molar-refractivity contribution is 4.92. The first-order valence-corrected chi connectivity index (χ1v) is 8.20. The number of nitrogens with one attached hydrogen (secondary N) is 1. The molecule has 1 unspecified atom stereocenters. The Morgan fingerprint density at radius 1 is 0.889 bits per heavy atom. The molecule has 2 nitrogen and oxygen atoms in total. The Bertz CT molecular complexity index is 260. The van der Waals surface area contributed by atoms with Gasteiger partial charge in [-0.3, -0.25) is 0 Å². The number of hydrogen-bond acceptors (Lipinski definition) is 2. The fourth-order valence-electron chi connectivity index (χ4n) is 4.66. The summed E-state index contributed by atoms with van der Waals surface area (Å²) in [7, 11) is 2.27. The number of rotatable bonds is 2. The van der Waals surface area contributed by atoms with Gasteiger partial charge in [0.25, 0.3) is 0 Å². The summed E-state index contributed by atoms with van der Waals surface area (Å²) in [4.78, 5) is 2.49. The van der Waals surface area contributed by atoms with E-state index in [9.17, 15) is 0 Å². The third-order valence-corrected chi connectivity index (χ3v) is 5.81. The van der Waals surface area contributed by atoms with Crippen LogP contribution >= 0.6 is 0 Å². The van der Waals surface area contributed by atoms with Gasteiger partial charge < -0.3 is 10.2 Å². The van der Waals surface area contributed by atoms with Crippen molar-refractivity contribution in [2.45, 2.75) is 76.3 Å². The van der Waals surface area contributed by atoms with Crippen LogP contribution < -0.4 is 5.32 Å². The van der Waals surface area contributed by atoms with E-state index in [0.29, 0.717) is 0 Å². The molecule has 3 fully saturated rings. The van der Waals surface area contributed by atoms with Gasteiger partial charge in [-0.25, -0.2) is 0 Å². The van der Waals surface area contributed by atoms with Crippen molar-refractivity contribution in [1.82, 2.24) is 10.2 Å². The van der Waals surface area contributed by atoms with Gasteiger partial charge in [0.05, 0.1) is 0 Å². The van der Waals surface area contributed by atoms with Gasteiger partial charge in [0, 0.05) is 18.6 Å². The van der Waals surface area contributed by atoms with Crippen LogP contribution in [0.3, 0.4) is 0 Å². The molecule has 104 valence electrons. The molecule has 0 amide bonds. The number of likely N-dealkylation sites (N-methyl/N-ethyl adjacent to an activating group) is 1. The van der Waals surface area contributed by atoms with E-state index in [4.69, 9.17) is 0 Å². The van der Waals surface area contributed by atoms with Gasteiger partial charge in [-0.05, 0) is 70.4 Å². The second-order valence-corrected chi connectivity index (χ2v) is 7.25. The molecule has 1 atom stereocenters. The minimum Gasteiger partial charge on any atom is -0.310 e. The zero-order valence-electron chi connectivity index (χ0n) is 12.1. The lowest BCUT2D eigenvalue weighted by molar-refractivity contribution is 0.146. The predicted octanol–water partition coefficient (Wildman–Crippen LogP) is 3.17. The summed E-state index contributed by atoms with van der Waals surface area (Å²) in [6.07, 6.45) is 14.8. The van der Waals surface area contributed by atoms with Gasteiger partial charge in [-0.15, -0.1) is 0 Å². The topological polar surface area (TPSA) is 15.3 Å². The minimum absolute atomic E-state index is 0.770. The van der Waals surface area contributed by atoms with Crippen molar-refractivity contribution in [3.05, 3.63) is 0 Å². The third-order valence-electron chi connectivity index (χ3n) is 5.81. The average molecular weight is 250 g/mol. The van der Waals surface area contributed by atoms with Gasteiger partial charge in [-0.2, -0.15) is 0 Å². The highest BCUT2D eigenvalue weighted by Crippen LogP contribution is 2.48. The Balaban J connectivity index is 1.45. The standard InChI is InChI=1S/C16H30N2/c1-18-12-4-5-15(13-18)17-14-6-10-16(11-7-14)8-2-3-9-16/h14-15,17H,2-13H2,1H3. The summed E-state index contributed by atoms with van der Waals surface area (Å²) in [6.45, 7) is 2.56. The van der Waals surface area contributed by atoms with Crippen molar-refractivity contribution < 1.29 is 0 Å². The minimum atomic E-state index is 0.770. The monoisotopic (exact) mass is 250 g/mol. The van der Waals surface area contributed by atoms with Gasteiger partial charge in [0.15, 0.2) is 0 Å². The SMILES string of the molecule is CN1CCCC(NC2CCC3(CCCC3)CC2)C1. The van der Waals surface area contributed by atoms with E-state index in [2.05, 4.69) is 17.3 Å². The van der Waals surface area contributed by atoms with Crippen LogP contribution in [0.2, 0.25) is 0 Å². The molecule has 0 aromatic carbocycles. The van der Waals surface area contributed by atoms with E-state index >= 15 is 0 Å². The molecule has 18 heavy (non-hydrogen) atoms. The second kappa shape index (κ2) is 5.50. The van der Waals surface area contributed by atoms with Crippen LogP contribution in [0.15, 0.2) is 0 Å². The van der Waals surface area contributed by atoms with Crippen LogP contribution in [-0.2, 0) is 0 Å². The third kappa shape index (κ3) is 2.91. The van der Waals surface area contributed by atoms with Crippen molar-refractivity contribution in [2.75, 3.05) is 20.1 Å². The molecule has 0 aromatic heterocycles. The molecular formula is C16H30N2. The lowest BCUT2D eigenvalue weighted by Gasteiger charge is -2.40. The van der Waals surface area contributed by atoms with Crippen molar-refractivity contribution in [1.29, 1.82) is 0 Å². The quantitative estimate of drug-likeness (QED) is 0.810. The van der Waals surface area contributed by atoms with Crippen LogP contribution in [0.25, 0.3) is 0 Å². The molecule has 0 radical (unpaired) electrons. The van der Waals surface area contributed by atoms with Crippen molar-refractivity contribution in [3.8, 4) is 0 Å². The normalized spacial score (nSPS) is 34.2. The summed E-state index contributed by atoms with van der Waals surface area (Å²) < 4.78 is 0. The maximum Gasteiger partial charge on any atom is 0.0197 e. The molecule has 3 aliphatic rings. The molecule has 1 N–H and O–H groups in total. The second-order valence-electron chi connectivity index (χ2n) is 7.25. The van der Waals surface area contributed by atoms with Gasteiger partial charge in [0.1, 0.15) is 0 Å². The Morgan fingerprint density at radius 3 is 2.28 bits per heavy atom. The fraction of sp³-hybridized carbons (Fsp3) is 1.00. The lowest BCUT2D eigenvalue weighted by atomic mass is 9.71. The van der Waals surface area contributed by atoms with E-state index in [0.717, 1.165) is 17.5 Å². The largest absolute Gasteiger partial charge is 0.310 e. The van der Waals surface area contributed by atoms with E-state index in [1.807, 2.05) is 0 Å². The first-order chi connectivity index (χ1) is 8.76. The molecule has 2 heteroatoms. The van der Waals surface area contributed by atoms with Crippen molar-refractivity contribution in [2.24, 2.45) is 5.41 Å². The zero-order valence-corrected chi connectivity index (χ0v) is 12.1. The molecule has 3 rings (SSSR count). The molecule has 0 aromatic rings. The highest BCUT2D eigenvalue weighted by atomic mass is 15.1. The van der Waals surface area contributed by atoms with Crippen LogP contribution in [0.4, 0.5) is 0 Å². The molecule has 1 saturated heterocycles. The number of nitrogens with zero attached hydrogens (tertiary/aromatic N) is 1. The first-order valence-electron chi connectivity index (χ1n) is 8.20. The van der Waals surface area contributed by atoms with Gasteiger partial charge in [0.2, 0.25) is 0 Å². The lowest BCUT2D eigenvalue weighted by Crippen LogP contribution is -2.49. The number of likely N-dealkylation sites (tertiary alicyclic amines) is 1. The molecule has 1 heterocycles. The predicted molar refractivity (Wildman–Crippen MR) is 76.8 cm³/mol. The molecular weight excluding hydrogens is 220 g/mol. The summed E-state index contributed by atoms with van der Waals surface area (Å²) >= 11 is 0. The van der Waals surface area contributed by atoms with Crippen LogP contribution in [0, 0.1) is 5.41 Å². The van der Waals surface area contributed by atoms with Crippen molar-refractivity contribution >= 4 is 0 Å². The van der Waals surface area contributed by atoms with Crippen LogP contribution in [0.5, 0.6) is 0 Å². The first kappa shape index (κ1) is 12.9. The van der Waals surface area contributed by atoms with Gasteiger partial charge >= 0.3 is 0 Å². The Labute approximate surface area is 113 Å². The summed E-state index contributed by atoms with van der Waals surface area (Å²) in [6, 6.07) is 1.60. The Morgan fingerprint density at radius 2 is 1.61 bits per heavy atom. The van der Waals surface area contributed by atoms with Gasteiger partial charge in [-0.1, -0.05) is 12.8 Å². The summed E-state index contributed by atoms with van der Waals surface area (Å²) in [5.41, 5.74) is 0.793. The number of hydrogen-bond donors (Lipinski definition) is 1.